The van der Waals surface area contributed by atoms with Crippen LogP contribution in [0.3, 0.4) is 0 Å². The van der Waals surface area contributed by atoms with Crippen molar-refractivity contribution in [2.75, 3.05) is 24.5 Å². The van der Waals surface area contributed by atoms with E-state index in [2.05, 4.69) is 21.3 Å². The zero-order chi connectivity index (χ0) is 27.4. The van der Waals surface area contributed by atoms with E-state index in [0.717, 1.165) is 4.57 Å². The third-order valence-electron chi connectivity index (χ3n) is 7.06. The van der Waals surface area contributed by atoms with E-state index in [1.807, 2.05) is 4.90 Å². The summed E-state index contributed by atoms with van der Waals surface area (Å²) in [5.74, 6) is -1.57. The van der Waals surface area contributed by atoms with E-state index >= 15 is 0 Å². The number of halogens is 6. The molecule has 0 unspecified atom stereocenters. The van der Waals surface area contributed by atoms with Crippen LogP contribution in [0.25, 0.3) is 10.9 Å². The number of piperidine rings is 1. The first kappa shape index (κ1) is 26.1. The molecular formula is C24H21ClF5N7O. The first-order chi connectivity index (χ1) is 18.0. The van der Waals surface area contributed by atoms with Crippen molar-refractivity contribution in [2.45, 2.75) is 45.5 Å². The van der Waals surface area contributed by atoms with E-state index in [4.69, 9.17) is 11.6 Å². The van der Waals surface area contributed by atoms with E-state index in [-0.39, 0.29) is 58.9 Å². The monoisotopic (exact) mass is 553 g/mol. The van der Waals surface area contributed by atoms with Gasteiger partial charge in [0.1, 0.15) is 6.07 Å². The highest BCUT2D eigenvalue weighted by atomic mass is 35.5. The minimum atomic E-state index is -4.62. The second-order valence-electron chi connectivity index (χ2n) is 9.33. The van der Waals surface area contributed by atoms with E-state index in [0.29, 0.717) is 42.7 Å². The summed E-state index contributed by atoms with van der Waals surface area (Å²) in [4.78, 5) is 20.9. The number of nitriles is 1. The predicted octanol–water partition coefficient (Wildman–Crippen LogP) is 4.88. The smallest absolute Gasteiger partial charge is 0.370 e. The number of alkyl halides is 5. The molecule has 5 rings (SSSR count). The molecule has 2 aromatic heterocycles. The zero-order valence-corrected chi connectivity index (χ0v) is 20.8. The lowest BCUT2D eigenvalue weighted by Gasteiger charge is -2.37. The predicted molar refractivity (Wildman–Crippen MR) is 127 cm³/mol. The molecule has 0 spiro atoms. The van der Waals surface area contributed by atoms with Gasteiger partial charge in [-0.25, -0.2) is 8.78 Å². The number of rotatable bonds is 3. The second-order valence-corrected chi connectivity index (χ2v) is 9.77. The van der Waals surface area contributed by atoms with Crippen LogP contribution in [0.4, 0.5) is 27.6 Å². The topological polar surface area (TPSA) is 90.9 Å². The number of anilines is 1. The van der Waals surface area contributed by atoms with Gasteiger partial charge in [-0.15, -0.1) is 10.2 Å². The average molecular weight is 554 g/mol. The summed E-state index contributed by atoms with van der Waals surface area (Å²) in [7, 11) is 0. The molecule has 4 heterocycles. The molecule has 0 radical (unpaired) electrons. The molecule has 8 nitrogen and oxygen atoms in total. The van der Waals surface area contributed by atoms with Crippen LogP contribution < -0.4 is 4.90 Å². The van der Waals surface area contributed by atoms with Crippen molar-refractivity contribution in [1.29, 1.82) is 5.26 Å². The number of aromatic nitrogens is 4. The second kappa shape index (κ2) is 9.65. The maximum atomic E-state index is 13.7. The fourth-order valence-corrected chi connectivity index (χ4v) is 5.47. The Hall–Kier alpha value is -3.53. The fourth-order valence-electron chi connectivity index (χ4n) is 5.25. The molecule has 0 atom stereocenters. The van der Waals surface area contributed by atoms with Gasteiger partial charge in [-0.2, -0.15) is 18.4 Å². The first-order valence-electron chi connectivity index (χ1n) is 11.8. The van der Waals surface area contributed by atoms with Crippen LogP contribution in [0, 0.1) is 24.2 Å². The Morgan fingerprint density at radius 3 is 2.50 bits per heavy atom. The number of amides is 1. The molecule has 200 valence electrons. The SMILES string of the molecule is Cc1nc2c(C(F)F)cc(Cl)cc2c(N2CCC(C(=O)N3CCn4c(nnc4C(F)(F)F)C3)CC2)c1C#N. The standard InChI is InChI=1S/C24H21ClF5N7O/c1-12-17(10-31)20(15-8-14(25)9-16(21(26)27)19(15)32-12)35-4-2-13(3-5-35)22(38)36-6-7-37-18(11-36)33-34-23(37)24(28,29)30/h8-9,13,21H,2-7,11H2,1H3. The molecule has 2 aliphatic heterocycles. The van der Waals surface area contributed by atoms with Crippen molar-refractivity contribution in [3.63, 3.8) is 0 Å². The molecule has 2 aliphatic rings. The zero-order valence-electron chi connectivity index (χ0n) is 20.1. The van der Waals surface area contributed by atoms with Gasteiger partial charge < -0.3 is 14.4 Å². The van der Waals surface area contributed by atoms with Crippen LogP contribution in [0.1, 0.15) is 47.7 Å². The number of benzene rings is 1. The van der Waals surface area contributed by atoms with Gasteiger partial charge in [0.2, 0.25) is 11.7 Å². The molecule has 0 aliphatic carbocycles. The van der Waals surface area contributed by atoms with Crippen LogP contribution in [0.15, 0.2) is 12.1 Å². The number of pyridine rings is 1. The van der Waals surface area contributed by atoms with E-state index < -0.39 is 18.4 Å². The van der Waals surface area contributed by atoms with Crippen molar-refractivity contribution < 1.29 is 26.7 Å². The van der Waals surface area contributed by atoms with Gasteiger partial charge in [0.15, 0.2) is 5.82 Å². The minimum Gasteiger partial charge on any atom is -0.370 e. The summed E-state index contributed by atoms with van der Waals surface area (Å²) >= 11 is 6.14. The molecule has 0 saturated carbocycles. The summed E-state index contributed by atoms with van der Waals surface area (Å²) in [6.07, 6.45) is -6.62. The highest BCUT2D eigenvalue weighted by molar-refractivity contribution is 6.31. The van der Waals surface area contributed by atoms with E-state index in [1.165, 1.54) is 17.0 Å². The normalized spacial score (nSPS) is 16.7. The molecule has 3 aromatic rings. The number of carbonyl (C=O) groups is 1. The lowest BCUT2D eigenvalue weighted by Crippen LogP contribution is -2.45. The Morgan fingerprint density at radius 1 is 1.16 bits per heavy atom. The highest BCUT2D eigenvalue weighted by Gasteiger charge is 2.40. The lowest BCUT2D eigenvalue weighted by atomic mass is 9.93. The number of hydrogen-bond acceptors (Lipinski definition) is 6. The number of carbonyl (C=O) groups excluding carboxylic acids is 1. The van der Waals surface area contributed by atoms with Gasteiger partial charge in [-0.3, -0.25) is 9.78 Å². The lowest BCUT2D eigenvalue weighted by molar-refractivity contribution is -0.148. The Kier molecular flexibility index (Phi) is 6.63. The van der Waals surface area contributed by atoms with Gasteiger partial charge in [0.25, 0.3) is 6.43 Å². The summed E-state index contributed by atoms with van der Waals surface area (Å²) in [6, 6.07) is 4.80. The summed E-state index contributed by atoms with van der Waals surface area (Å²) in [6.45, 7) is 2.30. The van der Waals surface area contributed by atoms with Crippen molar-refractivity contribution in [3.05, 3.63) is 45.6 Å². The number of aryl methyl sites for hydroxylation is 1. The fraction of sp³-hybridized carbons (Fsp3) is 0.458. The van der Waals surface area contributed by atoms with Crippen molar-refractivity contribution in [1.82, 2.24) is 24.6 Å². The van der Waals surface area contributed by atoms with Gasteiger partial charge in [-0.1, -0.05) is 11.6 Å². The maximum Gasteiger partial charge on any atom is 0.451 e. The van der Waals surface area contributed by atoms with Crippen molar-refractivity contribution in [2.24, 2.45) is 5.92 Å². The Labute approximate surface area is 218 Å². The minimum absolute atomic E-state index is 0.0528. The first-order valence-corrected chi connectivity index (χ1v) is 12.2. The Balaban J connectivity index is 1.37. The third kappa shape index (κ3) is 4.51. The Morgan fingerprint density at radius 2 is 1.87 bits per heavy atom. The molecule has 1 amide bonds. The molecular weight excluding hydrogens is 533 g/mol. The number of nitrogens with zero attached hydrogens (tertiary/aromatic N) is 7. The largest absolute Gasteiger partial charge is 0.451 e. The van der Waals surface area contributed by atoms with Crippen molar-refractivity contribution >= 4 is 34.1 Å². The number of fused-ring (bicyclic) bond motifs is 2. The number of hydrogen-bond donors (Lipinski definition) is 0. The van der Waals surface area contributed by atoms with E-state index in [1.54, 1.807) is 6.92 Å². The van der Waals surface area contributed by atoms with Crippen LogP contribution >= 0.6 is 11.6 Å². The highest BCUT2D eigenvalue weighted by Crippen LogP contribution is 2.39. The third-order valence-corrected chi connectivity index (χ3v) is 7.28. The average Bonchev–Trinajstić information content (AvgIpc) is 3.31. The summed E-state index contributed by atoms with van der Waals surface area (Å²) in [5, 5.41) is 17.1. The molecule has 0 N–H and O–H groups in total. The molecule has 14 heteroatoms. The molecule has 1 aromatic carbocycles. The van der Waals surface area contributed by atoms with Gasteiger partial charge >= 0.3 is 6.18 Å². The van der Waals surface area contributed by atoms with Gasteiger partial charge in [0.05, 0.1) is 29.0 Å². The molecule has 1 fully saturated rings. The quantitative estimate of drug-likeness (QED) is 0.430. The molecule has 1 saturated heterocycles. The van der Waals surface area contributed by atoms with E-state index in [9.17, 15) is 32.0 Å². The Bertz CT molecular complexity index is 1460. The van der Waals surface area contributed by atoms with Crippen LogP contribution in [-0.2, 0) is 24.1 Å². The van der Waals surface area contributed by atoms with Crippen molar-refractivity contribution in [3.8, 4) is 6.07 Å². The van der Waals surface area contributed by atoms with Crippen LogP contribution in [0.2, 0.25) is 5.02 Å². The summed E-state index contributed by atoms with van der Waals surface area (Å²) in [5.41, 5.74) is 0.771. The summed E-state index contributed by atoms with van der Waals surface area (Å²) < 4.78 is 67.8. The van der Waals surface area contributed by atoms with Crippen LogP contribution in [-0.4, -0.2) is 50.2 Å². The molecule has 0 bridgehead atoms. The van der Waals surface area contributed by atoms with Gasteiger partial charge in [0, 0.05) is 48.1 Å². The van der Waals surface area contributed by atoms with Crippen LogP contribution in [0.5, 0.6) is 0 Å². The van der Waals surface area contributed by atoms with Gasteiger partial charge in [-0.05, 0) is 31.9 Å². The molecule has 38 heavy (non-hydrogen) atoms. The maximum absolute atomic E-state index is 13.7.